The first-order chi connectivity index (χ1) is 7.15. The number of nitrogens with zero attached hydrogens (tertiary/aromatic N) is 3. The number of hydrogen-bond donors (Lipinski definition) is 0. The molecule has 0 bridgehead atoms. The molecule has 0 saturated carbocycles. The van der Waals surface area contributed by atoms with Crippen molar-refractivity contribution in [3.05, 3.63) is 28.9 Å². The highest BCUT2D eigenvalue weighted by molar-refractivity contribution is 6.34. The van der Waals surface area contributed by atoms with Crippen LogP contribution >= 0.6 is 11.6 Å². The van der Waals surface area contributed by atoms with Gasteiger partial charge in [-0.15, -0.1) is 0 Å². The fourth-order valence-electron chi connectivity index (χ4n) is 1.63. The summed E-state index contributed by atoms with van der Waals surface area (Å²) in [7, 11) is 0. The average molecular weight is 220 g/mol. The molecule has 76 valence electrons. The van der Waals surface area contributed by atoms with Crippen LogP contribution < -0.4 is 0 Å². The smallest absolute Gasteiger partial charge is 0.160 e. The largest absolute Gasteiger partial charge is 0.261 e. The summed E-state index contributed by atoms with van der Waals surface area (Å²) in [6, 6.07) is 7.88. The molecule has 2 rings (SSSR count). The second-order valence-corrected chi connectivity index (χ2v) is 4.00. The molecule has 15 heavy (non-hydrogen) atoms. The third-order valence-electron chi connectivity index (χ3n) is 2.30. The Morgan fingerprint density at radius 1 is 1.47 bits per heavy atom. The first-order valence-corrected chi connectivity index (χ1v) is 5.09. The van der Waals surface area contributed by atoms with Crippen molar-refractivity contribution in [2.24, 2.45) is 0 Å². The van der Waals surface area contributed by atoms with Crippen LogP contribution in [-0.4, -0.2) is 9.78 Å². The lowest BCUT2D eigenvalue weighted by atomic mass is 10.1. The van der Waals surface area contributed by atoms with Crippen LogP contribution in [0.4, 0.5) is 0 Å². The van der Waals surface area contributed by atoms with Gasteiger partial charge in [0.05, 0.1) is 22.5 Å². The maximum atomic E-state index is 8.96. The Kier molecular flexibility index (Phi) is 2.37. The highest BCUT2D eigenvalue weighted by Gasteiger charge is 2.13. The fraction of sp³-hybridized carbons (Fsp3) is 0.273. The average Bonchev–Trinajstić information content (AvgIpc) is 2.56. The van der Waals surface area contributed by atoms with E-state index in [-0.39, 0.29) is 6.04 Å². The highest BCUT2D eigenvalue weighted by Crippen LogP contribution is 2.27. The molecule has 0 radical (unpaired) electrons. The Balaban J connectivity index is 2.87. The Morgan fingerprint density at radius 2 is 2.20 bits per heavy atom. The molecule has 0 aliphatic heterocycles. The van der Waals surface area contributed by atoms with Gasteiger partial charge in [0.25, 0.3) is 0 Å². The number of nitriles is 1. The SMILES string of the molecule is CC(C)n1nc(Cl)c2c(C#N)cccc21. The summed E-state index contributed by atoms with van der Waals surface area (Å²) in [5, 5.41) is 14.3. The molecule has 0 amide bonds. The second kappa shape index (κ2) is 3.56. The second-order valence-electron chi connectivity index (χ2n) is 3.64. The Hall–Kier alpha value is -1.53. The van der Waals surface area contributed by atoms with E-state index in [0.717, 1.165) is 10.9 Å². The third kappa shape index (κ3) is 1.47. The molecule has 0 aliphatic rings. The Bertz CT molecular complexity index is 549. The van der Waals surface area contributed by atoms with Crippen molar-refractivity contribution < 1.29 is 0 Å². The minimum atomic E-state index is 0.231. The number of aromatic nitrogens is 2. The minimum absolute atomic E-state index is 0.231. The topological polar surface area (TPSA) is 41.6 Å². The van der Waals surface area contributed by atoms with E-state index in [4.69, 9.17) is 16.9 Å². The molecule has 0 spiro atoms. The van der Waals surface area contributed by atoms with E-state index < -0.39 is 0 Å². The van der Waals surface area contributed by atoms with Crippen molar-refractivity contribution in [1.29, 1.82) is 5.26 Å². The fourth-order valence-corrected chi connectivity index (χ4v) is 1.91. The summed E-state index contributed by atoms with van der Waals surface area (Å²) < 4.78 is 1.83. The molecule has 1 aromatic carbocycles. The lowest BCUT2D eigenvalue weighted by Crippen LogP contribution is -2.01. The molecule has 1 aromatic heterocycles. The van der Waals surface area contributed by atoms with Crippen molar-refractivity contribution in [2.75, 3.05) is 0 Å². The number of rotatable bonds is 1. The molecule has 2 aromatic rings. The van der Waals surface area contributed by atoms with E-state index in [1.54, 1.807) is 6.07 Å². The molecule has 0 unspecified atom stereocenters. The van der Waals surface area contributed by atoms with Gasteiger partial charge < -0.3 is 0 Å². The number of benzene rings is 1. The lowest BCUT2D eigenvalue weighted by molar-refractivity contribution is 0.551. The maximum absolute atomic E-state index is 8.96. The lowest BCUT2D eigenvalue weighted by Gasteiger charge is -2.06. The first-order valence-electron chi connectivity index (χ1n) is 4.72. The molecule has 4 heteroatoms. The molecule has 0 atom stereocenters. The summed E-state index contributed by atoms with van der Waals surface area (Å²) in [5.74, 6) is 0. The van der Waals surface area contributed by atoms with Gasteiger partial charge in [0.15, 0.2) is 5.15 Å². The van der Waals surface area contributed by atoms with Crippen LogP contribution in [0.15, 0.2) is 18.2 Å². The standard InChI is InChI=1S/C11H10ClN3/c1-7(2)15-9-5-3-4-8(6-13)10(9)11(12)14-15/h3-5,7H,1-2H3. The van der Waals surface area contributed by atoms with Crippen LogP contribution in [0.3, 0.4) is 0 Å². The molecule has 3 nitrogen and oxygen atoms in total. The van der Waals surface area contributed by atoms with Crippen LogP contribution in [-0.2, 0) is 0 Å². The minimum Gasteiger partial charge on any atom is -0.261 e. The van der Waals surface area contributed by atoms with Crippen molar-refractivity contribution in [1.82, 2.24) is 9.78 Å². The molecule has 0 saturated heterocycles. The Morgan fingerprint density at radius 3 is 2.80 bits per heavy atom. The molecule has 1 heterocycles. The predicted molar refractivity (Wildman–Crippen MR) is 59.8 cm³/mol. The van der Waals surface area contributed by atoms with Gasteiger partial charge in [0, 0.05) is 6.04 Å². The van der Waals surface area contributed by atoms with E-state index in [2.05, 4.69) is 11.2 Å². The van der Waals surface area contributed by atoms with Crippen LogP contribution in [0.25, 0.3) is 10.9 Å². The summed E-state index contributed by atoms with van der Waals surface area (Å²) >= 11 is 6.02. The van der Waals surface area contributed by atoms with Gasteiger partial charge in [-0.25, -0.2) is 0 Å². The highest BCUT2D eigenvalue weighted by atomic mass is 35.5. The van der Waals surface area contributed by atoms with Crippen LogP contribution in [0.2, 0.25) is 5.15 Å². The van der Waals surface area contributed by atoms with Gasteiger partial charge in [-0.3, -0.25) is 4.68 Å². The van der Waals surface area contributed by atoms with Gasteiger partial charge in [0.1, 0.15) is 0 Å². The number of halogens is 1. The predicted octanol–water partition coefficient (Wildman–Crippen LogP) is 3.14. The van der Waals surface area contributed by atoms with E-state index >= 15 is 0 Å². The van der Waals surface area contributed by atoms with Gasteiger partial charge >= 0.3 is 0 Å². The van der Waals surface area contributed by atoms with Crippen molar-refractivity contribution in [3.63, 3.8) is 0 Å². The zero-order chi connectivity index (χ0) is 11.0. The van der Waals surface area contributed by atoms with Crippen molar-refractivity contribution in [3.8, 4) is 6.07 Å². The first kappa shape index (κ1) is 10.0. The third-order valence-corrected chi connectivity index (χ3v) is 2.57. The van der Waals surface area contributed by atoms with Crippen molar-refractivity contribution >= 4 is 22.5 Å². The maximum Gasteiger partial charge on any atom is 0.160 e. The van der Waals surface area contributed by atoms with E-state index in [1.165, 1.54) is 0 Å². The molecule has 0 N–H and O–H groups in total. The van der Waals surface area contributed by atoms with Crippen LogP contribution in [0, 0.1) is 11.3 Å². The summed E-state index contributed by atoms with van der Waals surface area (Å²) in [6.45, 7) is 4.06. The summed E-state index contributed by atoms with van der Waals surface area (Å²) in [6.07, 6.45) is 0. The Labute approximate surface area is 92.9 Å². The zero-order valence-electron chi connectivity index (χ0n) is 8.53. The van der Waals surface area contributed by atoms with Crippen molar-refractivity contribution in [2.45, 2.75) is 19.9 Å². The normalized spacial score (nSPS) is 10.9. The van der Waals surface area contributed by atoms with Gasteiger partial charge in [0.2, 0.25) is 0 Å². The summed E-state index contributed by atoms with van der Waals surface area (Å²) in [4.78, 5) is 0. The van der Waals surface area contributed by atoms with Gasteiger partial charge in [-0.1, -0.05) is 17.7 Å². The number of hydrogen-bond acceptors (Lipinski definition) is 2. The molecule has 0 fully saturated rings. The van der Waals surface area contributed by atoms with Crippen LogP contribution in [0.5, 0.6) is 0 Å². The van der Waals surface area contributed by atoms with E-state index in [9.17, 15) is 0 Å². The van der Waals surface area contributed by atoms with Gasteiger partial charge in [-0.05, 0) is 26.0 Å². The van der Waals surface area contributed by atoms with E-state index in [1.807, 2.05) is 30.7 Å². The van der Waals surface area contributed by atoms with E-state index in [0.29, 0.717) is 10.7 Å². The number of fused-ring (bicyclic) bond motifs is 1. The van der Waals surface area contributed by atoms with Crippen LogP contribution in [0.1, 0.15) is 25.5 Å². The molecular formula is C11H10ClN3. The molecular weight excluding hydrogens is 210 g/mol. The van der Waals surface area contributed by atoms with Gasteiger partial charge in [-0.2, -0.15) is 10.4 Å². The monoisotopic (exact) mass is 219 g/mol. The quantitative estimate of drug-likeness (QED) is 0.740. The summed E-state index contributed by atoms with van der Waals surface area (Å²) in [5.41, 5.74) is 1.48. The molecule has 0 aliphatic carbocycles. The zero-order valence-corrected chi connectivity index (χ0v) is 9.28.